The average molecular weight is 614 g/mol. The number of benzene rings is 2. The maximum absolute atomic E-state index is 12.8. The molecule has 5 aromatic rings. The minimum absolute atomic E-state index is 0.0367. The zero-order valence-electron chi connectivity index (χ0n) is 22.8. The first-order chi connectivity index (χ1) is 21.5. The monoisotopic (exact) mass is 614 g/mol. The Morgan fingerprint density at radius 2 is 1.22 bits per heavy atom. The molecule has 0 fully saturated rings. The Morgan fingerprint density at radius 1 is 0.778 bits per heavy atom. The predicted octanol–water partition coefficient (Wildman–Crippen LogP) is 2.54. The Bertz CT molecular complexity index is 1900. The van der Waals surface area contributed by atoms with E-state index in [2.05, 4.69) is 30.9 Å². The first-order valence-electron chi connectivity index (χ1n) is 12.7. The number of pyridine rings is 1. The summed E-state index contributed by atoms with van der Waals surface area (Å²) < 4.78 is 1.98. The van der Waals surface area contributed by atoms with Crippen molar-refractivity contribution in [3.8, 4) is 34.2 Å². The lowest BCUT2D eigenvalue weighted by atomic mass is 10.1. The van der Waals surface area contributed by atoms with Gasteiger partial charge in [-0.25, -0.2) is 23.9 Å². The van der Waals surface area contributed by atoms with Gasteiger partial charge in [0.05, 0.1) is 33.6 Å². The number of nitrogens with zero attached hydrogens (tertiary/aromatic N) is 9. The summed E-state index contributed by atoms with van der Waals surface area (Å²) in [6.45, 7) is 1.99. The van der Waals surface area contributed by atoms with Gasteiger partial charge in [0.25, 0.3) is 5.91 Å². The van der Waals surface area contributed by atoms with Gasteiger partial charge in [-0.3, -0.25) is 25.0 Å². The predicted molar refractivity (Wildman–Crippen MR) is 150 cm³/mol. The molecule has 0 saturated heterocycles. The lowest BCUT2D eigenvalue weighted by Crippen LogP contribution is -2.22. The third-order valence-corrected chi connectivity index (χ3v) is 6.29. The van der Waals surface area contributed by atoms with E-state index in [-0.39, 0.29) is 46.3 Å². The molecule has 0 unspecified atom stereocenters. The number of carboxylic acid groups (broad SMARTS) is 2. The van der Waals surface area contributed by atoms with Gasteiger partial charge in [-0.05, 0) is 43.3 Å². The van der Waals surface area contributed by atoms with Crippen molar-refractivity contribution in [3.05, 3.63) is 97.8 Å². The molecule has 0 saturated carbocycles. The number of aromatic nitrogens is 7. The van der Waals surface area contributed by atoms with E-state index in [1.807, 2.05) is 0 Å². The van der Waals surface area contributed by atoms with Gasteiger partial charge >= 0.3 is 23.3 Å². The van der Waals surface area contributed by atoms with Crippen LogP contribution < -0.4 is 5.32 Å². The number of hydrogen-bond donors (Lipinski definition) is 3. The highest BCUT2D eigenvalue weighted by Crippen LogP contribution is 2.30. The second-order valence-corrected chi connectivity index (χ2v) is 9.05. The molecule has 1 amide bonds. The Hall–Kier alpha value is -6.92. The molecule has 3 N–H and O–H groups in total. The van der Waals surface area contributed by atoms with Gasteiger partial charge in [-0.1, -0.05) is 22.6 Å². The molecular formula is C26H18N10O9. The van der Waals surface area contributed by atoms with Crippen LogP contribution in [0.3, 0.4) is 0 Å². The van der Waals surface area contributed by atoms with Crippen molar-refractivity contribution in [2.45, 2.75) is 6.92 Å². The van der Waals surface area contributed by atoms with E-state index in [0.717, 1.165) is 21.5 Å². The van der Waals surface area contributed by atoms with Crippen LogP contribution in [0, 0.1) is 20.2 Å². The lowest BCUT2D eigenvalue weighted by Gasteiger charge is -2.07. The molecule has 19 nitrogen and oxygen atoms in total. The highest BCUT2D eigenvalue weighted by molar-refractivity contribution is 5.96. The molecule has 0 aliphatic carbocycles. The SMILES string of the molecule is CCNC(=O)c1cc(-c2cn(-c3cccc(C(=O)O)c3[N+](=O)[O-])nn2)nc(-c2cn(-c3cccc(C(=O)O)c3[N+](=O)[O-])nn2)c1. The van der Waals surface area contributed by atoms with E-state index in [9.17, 15) is 44.8 Å². The van der Waals surface area contributed by atoms with Gasteiger partial charge in [-0.15, -0.1) is 10.2 Å². The number of rotatable bonds is 10. The van der Waals surface area contributed by atoms with Crippen LogP contribution in [0.15, 0.2) is 60.9 Å². The van der Waals surface area contributed by atoms with Crippen LogP contribution >= 0.6 is 0 Å². The molecule has 226 valence electrons. The maximum atomic E-state index is 12.8. The molecule has 3 aromatic heterocycles. The summed E-state index contributed by atoms with van der Waals surface area (Å²) in [7, 11) is 0. The topological polar surface area (TPSA) is 264 Å². The van der Waals surface area contributed by atoms with E-state index in [0.29, 0.717) is 0 Å². The molecule has 0 aliphatic heterocycles. The summed E-state index contributed by atoms with van der Waals surface area (Å²) in [5.74, 6) is -3.53. The summed E-state index contributed by atoms with van der Waals surface area (Å²) in [6, 6.07) is 10.1. The molecular weight excluding hydrogens is 596 g/mol. The van der Waals surface area contributed by atoms with Gasteiger partial charge in [0, 0.05) is 12.1 Å². The molecule has 0 radical (unpaired) electrons. The van der Waals surface area contributed by atoms with Crippen molar-refractivity contribution in [2.75, 3.05) is 6.54 Å². The first kappa shape index (κ1) is 29.6. The third-order valence-electron chi connectivity index (χ3n) is 6.29. The number of carbonyl (C=O) groups is 3. The van der Waals surface area contributed by atoms with Gasteiger partial charge in [0.1, 0.15) is 33.9 Å². The van der Waals surface area contributed by atoms with Crippen LogP contribution in [0.4, 0.5) is 11.4 Å². The molecule has 0 spiro atoms. The normalized spacial score (nSPS) is 10.8. The van der Waals surface area contributed by atoms with Crippen LogP contribution in [-0.2, 0) is 0 Å². The zero-order chi connectivity index (χ0) is 32.4. The number of aromatic carboxylic acids is 2. The lowest BCUT2D eigenvalue weighted by molar-refractivity contribution is -0.385. The average Bonchev–Trinajstić information content (AvgIpc) is 3.71. The number of nitro benzene ring substituents is 2. The molecule has 5 rings (SSSR count). The second kappa shape index (κ2) is 11.8. The highest BCUT2D eigenvalue weighted by atomic mass is 16.6. The quantitative estimate of drug-likeness (QED) is 0.151. The fourth-order valence-corrected chi connectivity index (χ4v) is 4.35. The Balaban J connectivity index is 1.62. The van der Waals surface area contributed by atoms with E-state index in [1.165, 1.54) is 48.8 Å². The van der Waals surface area contributed by atoms with E-state index >= 15 is 0 Å². The highest BCUT2D eigenvalue weighted by Gasteiger charge is 2.28. The number of nitrogens with one attached hydrogen (secondary N) is 1. The van der Waals surface area contributed by atoms with Crippen LogP contribution in [-0.4, -0.2) is 79.4 Å². The maximum Gasteiger partial charge on any atom is 0.342 e. The van der Waals surface area contributed by atoms with E-state index in [1.54, 1.807) is 6.92 Å². The Kier molecular flexibility index (Phi) is 7.72. The molecule has 2 aromatic carbocycles. The fourth-order valence-electron chi connectivity index (χ4n) is 4.35. The summed E-state index contributed by atoms with van der Waals surface area (Å²) in [5, 5.41) is 60.8. The number of hydrogen-bond acceptors (Lipinski definition) is 12. The Morgan fingerprint density at radius 3 is 1.60 bits per heavy atom. The standard InChI is InChI=1S/C26H18N10O9/c1-2-27-24(37)13-9-16(18-11-33(31-29-18)20-7-3-5-14(25(38)39)22(20)35(42)43)28-17(10-13)19-12-34(32-30-19)21-8-4-6-15(26(40)41)23(21)36(44)45/h3-12H,2H2,1H3,(H,27,37)(H,38,39)(H,40,41). The third kappa shape index (κ3) is 5.62. The van der Waals surface area contributed by atoms with Gasteiger partial charge in [-0.2, -0.15) is 0 Å². The van der Waals surface area contributed by atoms with Gasteiger partial charge in [0.2, 0.25) is 0 Å². The second-order valence-electron chi connectivity index (χ2n) is 9.05. The largest absolute Gasteiger partial charge is 0.477 e. The van der Waals surface area contributed by atoms with Crippen LogP contribution in [0.25, 0.3) is 34.2 Å². The smallest absolute Gasteiger partial charge is 0.342 e. The minimum atomic E-state index is -1.52. The number of nitro groups is 2. The summed E-state index contributed by atoms with van der Waals surface area (Å²) in [4.78, 5) is 62.2. The molecule has 0 aliphatic rings. The number of amides is 1. The zero-order valence-corrected chi connectivity index (χ0v) is 22.8. The van der Waals surface area contributed by atoms with Crippen LogP contribution in [0.2, 0.25) is 0 Å². The number of carboxylic acids is 2. The van der Waals surface area contributed by atoms with Crippen molar-refractivity contribution in [3.63, 3.8) is 0 Å². The molecule has 0 bridgehead atoms. The van der Waals surface area contributed by atoms with Crippen LogP contribution in [0.1, 0.15) is 38.0 Å². The molecule has 3 heterocycles. The van der Waals surface area contributed by atoms with E-state index < -0.39 is 50.2 Å². The molecule has 19 heteroatoms. The van der Waals surface area contributed by atoms with Crippen molar-refractivity contribution < 1.29 is 34.4 Å². The van der Waals surface area contributed by atoms with Gasteiger partial charge in [0.15, 0.2) is 0 Å². The fraction of sp³-hybridized carbons (Fsp3) is 0.0769. The summed E-state index contributed by atoms with van der Waals surface area (Å²) in [6.07, 6.45) is 2.50. The summed E-state index contributed by atoms with van der Waals surface area (Å²) >= 11 is 0. The van der Waals surface area contributed by atoms with Crippen LogP contribution in [0.5, 0.6) is 0 Å². The minimum Gasteiger partial charge on any atom is -0.477 e. The van der Waals surface area contributed by atoms with Crippen molar-refractivity contribution in [1.29, 1.82) is 0 Å². The van der Waals surface area contributed by atoms with Crippen molar-refractivity contribution >= 4 is 29.2 Å². The van der Waals surface area contributed by atoms with Crippen molar-refractivity contribution in [1.82, 2.24) is 40.3 Å². The number of carbonyl (C=O) groups excluding carboxylic acids is 1. The number of para-hydroxylation sites is 2. The van der Waals surface area contributed by atoms with Gasteiger partial charge < -0.3 is 15.5 Å². The first-order valence-corrected chi connectivity index (χ1v) is 12.7. The Labute approximate surface area is 249 Å². The summed E-state index contributed by atoms with van der Waals surface area (Å²) in [5.41, 5.74) is -2.65. The molecule has 45 heavy (non-hydrogen) atoms. The molecule has 0 atom stereocenters. The van der Waals surface area contributed by atoms with Crippen molar-refractivity contribution in [2.24, 2.45) is 0 Å². The van der Waals surface area contributed by atoms with E-state index in [4.69, 9.17) is 0 Å².